The van der Waals surface area contributed by atoms with Crippen molar-refractivity contribution < 1.29 is 28.6 Å². The van der Waals surface area contributed by atoms with Crippen molar-refractivity contribution in [3.8, 4) is 0 Å². The molecule has 11 atom stereocenters. The van der Waals surface area contributed by atoms with Crippen molar-refractivity contribution >= 4 is 17.5 Å². The number of piperidine rings is 1. The first-order valence-corrected chi connectivity index (χ1v) is 14.5. The molecule has 5 saturated heterocycles. The number of allylic oxidation sites excluding steroid dienone is 1. The lowest BCUT2D eigenvalue weighted by atomic mass is 9.36. The second-order valence-corrected chi connectivity index (χ2v) is 14.7. The number of ketones is 2. The molecular weight excluding hydrogens is 470 g/mol. The molecule has 37 heavy (non-hydrogen) atoms. The van der Waals surface area contributed by atoms with Crippen LogP contribution in [0.5, 0.6) is 0 Å². The highest BCUT2D eigenvalue weighted by molar-refractivity contribution is 5.96. The van der Waals surface area contributed by atoms with Crippen LogP contribution in [-0.4, -0.2) is 59.6 Å². The fourth-order valence-electron chi connectivity index (χ4n) is 11.1. The Morgan fingerprint density at radius 3 is 2.59 bits per heavy atom. The number of Topliss-reactive ketones (excluding diaryl/α,β-unsaturated/α-hetero) is 2. The Bertz CT molecular complexity index is 1180. The molecule has 7 heteroatoms. The molecule has 3 spiro atoms. The van der Waals surface area contributed by atoms with Gasteiger partial charge in [0.15, 0.2) is 0 Å². The molecule has 0 aromatic rings. The molecule has 0 unspecified atom stereocenters. The third-order valence-electron chi connectivity index (χ3n) is 12.7. The molecule has 200 valence electrons. The van der Waals surface area contributed by atoms with Gasteiger partial charge in [0.05, 0.1) is 31.3 Å². The number of cyclic esters (lactones) is 1. The average molecular weight is 510 g/mol. The number of ether oxygens (including phenoxy) is 3. The Balaban J connectivity index is 1.38. The minimum Gasteiger partial charge on any atom is -0.465 e. The van der Waals surface area contributed by atoms with Crippen molar-refractivity contribution in [3.63, 3.8) is 0 Å². The molecule has 0 amide bonds. The van der Waals surface area contributed by atoms with Crippen LogP contribution >= 0.6 is 0 Å². The molecule has 7 fully saturated rings. The van der Waals surface area contributed by atoms with Crippen LogP contribution in [0.15, 0.2) is 11.8 Å². The summed E-state index contributed by atoms with van der Waals surface area (Å²) in [6, 6.07) is 0. The van der Waals surface area contributed by atoms with Crippen molar-refractivity contribution in [1.82, 2.24) is 4.90 Å². The molecule has 0 radical (unpaired) electrons. The Hall–Kier alpha value is -1.73. The summed E-state index contributed by atoms with van der Waals surface area (Å²) in [6.45, 7) is 10.2. The van der Waals surface area contributed by atoms with E-state index in [0.717, 1.165) is 38.6 Å². The molecule has 5 aliphatic heterocycles. The van der Waals surface area contributed by atoms with Gasteiger partial charge in [0, 0.05) is 52.7 Å². The SMILES string of the molecule is C[C@H]1C[C@@H]2CN3C4=C[C@@]56CO[C@]7(C)CC(=O)[C@@H]([C@H]5C7)[C@@H](C)C(=O)[C@@H]6[C@@]5(COC(=O)C5)[C@]4(C)CC[C@@]3(C1)O2. The highest BCUT2D eigenvalue weighted by Gasteiger charge is 2.77. The largest absolute Gasteiger partial charge is 0.465 e. The number of nitrogens with zero attached hydrogens (tertiary/aromatic N) is 1. The van der Waals surface area contributed by atoms with E-state index in [1.54, 1.807) is 0 Å². The normalized spacial score (nSPS) is 57.5. The quantitative estimate of drug-likeness (QED) is 0.461. The molecule has 8 aliphatic rings. The van der Waals surface area contributed by atoms with E-state index in [4.69, 9.17) is 14.2 Å². The summed E-state index contributed by atoms with van der Waals surface area (Å²) < 4.78 is 19.2. The van der Waals surface area contributed by atoms with Crippen LogP contribution in [-0.2, 0) is 28.6 Å². The zero-order valence-corrected chi connectivity index (χ0v) is 22.5. The molecule has 5 heterocycles. The van der Waals surface area contributed by atoms with Crippen molar-refractivity contribution in [1.29, 1.82) is 0 Å². The maximum atomic E-state index is 14.5. The van der Waals surface area contributed by atoms with Gasteiger partial charge in [-0.25, -0.2) is 0 Å². The van der Waals surface area contributed by atoms with Gasteiger partial charge >= 0.3 is 5.97 Å². The number of carbonyl (C=O) groups is 3. The Kier molecular flexibility index (Phi) is 4.20. The van der Waals surface area contributed by atoms with E-state index in [1.807, 2.05) is 6.92 Å². The first-order valence-electron chi connectivity index (χ1n) is 14.5. The fraction of sp³-hybridized carbons (Fsp3) is 0.833. The van der Waals surface area contributed by atoms with E-state index >= 15 is 0 Å². The third kappa shape index (κ3) is 2.51. The Labute approximate surface area is 218 Å². The first-order chi connectivity index (χ1) is 17.5. The Morgan fingerprint density at radius 1 is 1.03 bits per heavy atom. The van der Waals surface area contributed by atoms with Gasteiger partial charge in [-0.1, -0.05) is 26.8 Å². The van der Waals surface area contributed by atoms with Gasteiger partial charge < -0.3 is 19.1 Å². The number of hydrogen-bond acceptors (Lipinski definition) is 7. The predicted molar refractivity (Wildman–Crippen MR) is 132 cm³/mol. The lowest BCUT2D eigenvalue weighted by Gasteiger charge is -2.70. The highest BCUT2D eigenvalue weighted by atomic mass is 16.5. The molecule has 8 rings (SSSR count). The molecule has 2 saturated carbocycles. The van der Waals surface area contributed by atoms with Gasteiger partial charge in [0.1, 0.15) is 17.3 Å². The first kappa shape index (κ1) is 23.2. The van der Waals surface area contributed by atoms with E-state index in [9.17, 15) is 14.4 Å². The molecule has 4 bridgehead atoms. The van der Waals surface area contributed by atoms with Crippen LogP contribution in [0, 0.1) is 45.8 Å². The van der Waals surface area contributed by atoms with Crippen LogP contribution in [0.3, 0.4) is 0 Å². The van der Waals surface area contributed by atoms with Gasteiger partial charge in [0.2, 0.25) is 0 Å². The molecule has 3 aliphatic carbocycles. The molecular formula is C30H39NO6. The van der Waals surface area contributed by atoms with Crippen molar-refractivity contribution in [2.45, 2.75) is 90.1 Å². The zero-order chi connectivity index (χ0) is 25.8. The number of esters is 1. The maximum absolute atomic E-state index is 14.5. The summed E-state index contributed by atoms with van der Waals surface area (Å²) in [6.07, 6.45) is 7.88. The van der Waals surface area contributed by atoms with Crippen molar-refractivity contribution in [2.24, 2.45) is 45.8 Å². The van der Waals surface area contributed by atoms with Crippen molar-refractivity contribution in [2.75, 3.05) is 19.8 Å². The minimum atomic E-state index is -0.633. The van der Waals surface area contributed by atoms with Crippen molar-refractivity contribution in [3.05, 3.63) is 11.8 Å². The van der Waals surface area contributed by atoms with Crippen LogP contribution in [0.1, 0.15) is 72.6 Å². The monoisotopic (exact) mass is 509 g/mol. The van der Waals surface area contributed by atoms with Crippen LogP contribution < -0.4 is 0 Å². The van der Waals surface area contributed by atoms with E-state index < -0.39 is 16.4 Å². The summed E-state index contributed by atoms with van der Waals surface area (Å²) in [5, 5.41) is 0. The van der Waals surface area contributed by atoms with E-state index in [1.165, 1.54) is 5.70 Å². The van der Waals surface area contributed by atoms with Gasteiger partial charge in [-0.05, 0) is 50.9 Å². The highest BCUT2D eigenvalue weighted by Crippen LogP contribution is 2.74. The predicted octanol–water partition coefficient (Wildman–Crippen LogP) is 3.65. The third-order valence-corrected chi connectivity index (χ3v) is 12.7. The van der Waals surface area contributed by atoms with Crippen LogP contribution in [0.4, 0.5) is 0 Å². The molecule has 0 N–H and O–H groups in total. The second kappa shape index (κ2) is 6.70. The van der Waals surface area contributed by atoms with E-state index in [2.05, 4.69) is 31.7 Å². The van der Waals surface area contributed by atoms with E-state index in [-0.39, 0.29) is 71.5 Å². The molecule has 7 nitrogen and oxygen atoms in total. The lowest BCUT2D eigenvalue weighted by molar-refractivity contribution is -0.244. The fourth-order valence-corrected chi connectivity index (χ4v) is 11.1. The van der Waals surface area contributed by atoms with Gasteiger partial charge in [-0.2, -0.15) is 0 Å². The van der Waals surface area contributed by atoms with Gasteiger partial charge in [-0.3, -0.25) is 14.4 Å². The smallest absolute Gasteiger partial charge is 0.306 e. The summed E-state index contributed by atoms with van der Waals surface area (Å²) >= 11 is 0. The lowest BCUT2D eigenvalue weighted by Crippen LogP contribution is -2.73. The summed E-state index contributed by atoms with van der Waals surface area (Å²) in [4.78, 5) is 43.6. The topological polar surface area (TPSA) is 82.1 Å². The number of rotatable bonds is 0. The standard InChI is InChI=1S/C30H39NO6/c1-16-7-18-13-31-21-11-28-14-36-26(3)9-19(28)23(20(32)10-26)17(2)24(34)25(28)29(12-22(33)35-15-29)27(21,4)5-6-30(31,8-16)37-18/h11,16-19,23,25H,5-10,12-15H2,1-4H3/t16-,17+,18+,19+,23+,25-,26-,27+,28+,29+,30-/m0/s1. The number of fused-ring (bicyclic) bond motifs is 6. The summed E-state index contributed by atoms with van der Waals surface area (Å²) in [5.74, 6) is -0.248. The molecule has 0 aromatic heterocycles. The molecule has 0 aromatic carbocycles. The van der Waals surface area contributed by atoms with Gasteiger partial charge in [-0.15, -0.1) is 0 Å². The second-order valence-electron chi connectivity index (χ2n) is 14.7. The van der Waals surface area contributed by atoms with E-state index in [0.29, 0.717) is 18.9 Å². The zero-order valence-electron chi connectivity index (χ0n) is 22.5. The Morgan fingerprint density at radius 2 is 1.84 bits per heavy atom. The summed E-state index contributed by atoms with van der Waals surface area (Å²) in [5.41, 5.74) is -1.17. The number of carbonyl (C=O) groups excluding carboxylic acids is 3. The van der Waals surface area contributed by atoms with Gasteiger partial charge in [0.25, 0.3) is 0 Å². The van der Waals surface area contributed by atoms with Crippen LogP contribution in [0.25, 0.3) is 0 Å². The average Bonchev–Trinajstić information content (AvgIpc) is 3.34. The minimum absolute atomic E-state index is 0.0366. The summed E-state index contributed by atoms with van der Waals surface area (Å²) in [7, 11) is 0. The van der Waals surface area contributed by atoms with Crippen LogP contribution in [0.2, 0.25) is 0 Å². The maximum Gasteiger partial charge on any atom is 0.306 e. The number of hydrogen-bond donors (Lipinski definition) is 0.